The number of nitrogens with one attached hydrogen (secondary N) is 1. The molecule has 0 radical (unpaired) electrons. The number of thioether (sulfide) groups is 1. The van der Waals surface area contributed by atoms with Crippen LogP contribution in [0.15, 0.2) is 12.1 Å². The molecule has 1 aromatic heterocycles. The molecular formula is C13H14FIN2S2. The third kappa shape index (κ3) is 2.58. The molecule has 2 heterocycles. The molecule has 1 atom stereocenters. The molecule has 1 fully saturated rings. The number of rotatable bonds is 2. The van der Waals surface area contributed by atoms with Gasteiger partial charge in [-0.15, -0.1) is 0 Å². The minimum atomic E-state index is -0.180. The maximum Gasteiger partial charge on any atom is 0.178 e. The lowest BCUT2D eigenvalue weighted by atomic mass is 10.1. The highest BCUT2D eigenvalue weighted by Gasteiger charge is 2.30. The van der Waals surface area contributed by atoms with Crippen LogP contribution in [0.5, 0.6) is 0 Å². The molecule has 2 aromatic rings. The van der Waals surface area contributed by atoms with Crippen molar-refractivity contribution in [3.05, 3.63) is 26.3 Å². The van der Waals surface area contributed by atoms with Crippen LogP contribution in [0.25, 0.3) is 11.0 Å². The van der Waals surface area contributed by atoms with Crippen molar-refractivity contribution in [3.8, 4) is 0 Å². The van der Waals surface area contributed by atoms with Gasteiger partial charge >= 0.3 is 0 Å². The largest absolute Gasteiger partial charge is 0.331 e. The Hall–Kier alpha value is -0.0800. The molecule has 0 saturated carbocycles. The van der Waals surface area contributed by atoms with Crippen LogP contribution in [-0.4, -0.2) is 20.1 Å². The molecule has 0 spiro atoms. The van der Waals surface area contributed by atoms with Crippen molar-refractivity contribution < 1.29 is 4.39 Å². The predicted molar refractivity (Wildman–Crippen MR) is 89.9 cm³/mol. The van der Waals surface area contributed by atoms with Crippen LogP contribution in [0.4, 0.5) is 4.39 Å². The van der Waals surface area contributed by atoms with E-state index < -0.39 is 0 Å². The molecule has 102 valence electrons. The van der Waals surface area contributed by atoms with Gasteiger partial charge in [-0.3, -0.25) is 0 Å². The average molecular weight is 408 g/mol. The molecule has 1 aliphatic heterocycles. The predicted octanol–water partition coefficient (Wildman–Crippen LogP) is 4.73. The van der Waals surface area contributed by atoms with Gasteiger partial charge in [0.15, 0.2) is 4.77 Å². The van der Waals surface area contributed by atoms with E-state index in [0.717, 1.165) is 17.6 Å². The molecule has 0 bridgehead atoms. The van der Waals surface area contributed by atoms with Gasteiger partial charge in [-0.25, -0.2) is 4.39 Å². The minimum Gasteiger partial charge on any atom is -0.331 e. The van der Waals surface area contributed by atoms with Gasteiger partial charge in [-0.05, 0) is 66.4 Å². The Balaban J connectivity index is 2.10. The van der Waals surface area contributed by atoms with Crippen LogP contribution in [0, 0.1) is 14.2 Å². The number of aromatic amines is 1. The summed E-state index contributed by atoms with van der Waals surface area (Å²) in [6.07, 6.45) is 2.45. The quantitative estimate of drug-likeness (QED) is 0.573. The number of imidazole rings is 1. The maximum atomic E-state index is 13.8. The molecule has 1 aromatic carbocycles. The summed E-state index contributed by atoms with van der Waals surface area (Å²) in [7, 11) is 0. The van der Waals surface area contributed by atoms with Gasteiger partial charge in [0.05, 0.1) is 14.6 Å². The Kier molecular flexibility index (Phi) is 3.68. The van der Waals surface area contributed by atoms with Gasteiger partial charge < -0.3 is 9.55 Å². The second-order valence-corrected chi connectivity index (χ2v) is 8.43. The second-order valence-electron chi connectivity index (χ2n) is 5.20. The third-order valence-corrected chi connectivity index (χ3v) is 6.28. The number of fused-ring (bicyclic) bond motifs is 1. The first-order valence-electron chi connectivity index (χ1n) is 6.20. The van der Waals surface area contributed by atoms with E-state index in [1.54, 1.807) is 6.07 Å². The molecular weight excluding hydrogens is 394 g/mol. The van der Waals surface area contributed by atoms with Gasteiger partial charge in [0.25, 0.3) is 0 Å². The Morgan fingerprint density at radius 1 is 1.58 bits per heavy atom. The van der Waals surface area contributed by atoms with Crippen molar-refractivity contribution in [2.75, 3.05) is 5.75 Å². The van der Waals surface area contributed by atoms with Crippen LogP contribution < -0.4 is 0 Å². The third-order valence-electron chi connectivity index (χ3n) is 3.61. The number of aromatic nitrogens is 2. The molecule has 1 saturated heterocycles. The summed E-state index contributed by atoms with van der Waals surface area (Å²) in [5, 5.41) is 0. The molecule has 6 heteroatoms. The lowest BCUT2D eigenvalue weighted by Gasteiger charge is -2.23. The molecule has 1 unspecified atom stereocenters. The zero-order chi connectivity index (χ0) is 13.6. The smallest absolute Gasteiger partial charge is 0.178 e. The van der Waals surface area contributed by atoms with Gasteiger partial charge in [0.1, 0.15) is 5.82 Å². The number of benzene rings is 1. The van der Waals surface area contributed by atoms with Crippen LogP contribution >= 0.6 is 46.6 Å². The summed E-state index contributed by atoms with van der Waals surface area (Å²) in [5.41, 5.74) is 1.79. The van der Waals surface area contributed by atoms with Crippen molar-refractivity contribution in [1.29, 1.82) is 0 Å². The fraction of sp³-hybridized carbons (Fsp3) is 0.462. The van der Waals surface area contributed by atoms with Gasteiger partial charge in [0, 0.05) is 17.4 Å². The first kappa shape index (κ1) is 13.9. The highest BCUT2D eigenvalue weighted by atomic mass is 127. The molecule has 3 rings (SSSR count). The fourth-order valence-electron chi connectivity index (χ4n) is 2.60. The first-order valence-corrected chi connectivity index (χ1v) is 8.67. The van der Waals surface area contributed by atoms with E-state index in [4.69, 9.17) is 12.2 Å². The molecule has 2 nitrogen and oxygen atoms in total. The second kappa shape index (κ2) is 5.04. The number of nitrogens with zero attached hydrogens (tertiary/aromatic N) is 1. The Labute approximate surface area is 134 Å². The highest BCUT2D eigenvalue weighted by Crippen LogP contribution is 2.39. The Bertz CT molecular complexity index is 686. The maximum absolute atomic E-state index is 13.8. The van der Waals surface area contributed by atoms with Crippen LogP contribution in [0.2, 0.25) is 0 Å². The van der Waals surface area contributed by atoms with Gasteiger partial charge in [-0.1, -0.05) is 0 Å². The van der Waals surface area contributed by atoms with Gasteiger partial charge in [-0.2, -0.15) is 11.8 Å². The molecule has 1 aliphatic rings. The van der Waals surface area contributed by atoms with E-state index in [-0.39, 0.29) is 10.6 Å². The number of halogens is 2. The Morgan fingerprint density at radius 2 is 2.37 bits per heavy atom. The summed E-state index contributed by atoms with van der Waals surface area (Å²) in [6.45, 7) is 3.12. The monoisotopic (exact) mass is 408 g/mol. The molecule has 19 heavy (non-hydrogen) atoms. The summed E-state index contributed by atoms with van der Waals surface area (Å²) < 4.78 is 17.3. The van der Waals surface area contributed by atoms with Crippen LogP contribution in [0.1, 0.15) is 19.8 Å². The van der Waals surface area contributed by atoms with E-state index in [2.05, 4.69) is 11.9 Å². The Morgan fingerprint density at radius 3 is 3.05 bits per heavy atom. The zero-order valence-electron chi connectivity index (χ0n) is 10.5. The van der Waals surface area contributed by atoms with Crippen LogP contribution in [0.3, 0.4) is 0 Å². The van der Waals surface area contributed by atoms with Crippen LogP contribution in [-0.2, 0) is 6.54 Å². The fourth-order valence-corrected chi connectivity index (χ4v) is 4.64. The normalized spacial score (nSPS) is 23.3. The SMILES string of the molecule is CC1(Cn2c(=S)[nH]c3cc(I)c(F)cc32)CCCS1. The zero-order valence-corrected chi connectivity index (χ0v) is 14.3. The number of H-pyrrole nitrogens is 1. The topological polar surface area (TPSA) is 20.7 Å². The average Bonchev–Trinajstić information content (AvgIpc) is 2.88. The van der Waals surface area contributed by atoms with E-state index in [0.29, 0.717) is 8.34 Å². The standard InChI is InChI=1S/C13H14FIN2S2/c1-13(3-2-4-19-13)7-17-11-5-8(14)9(15)6-10(11)16-12(17)18/h5-6H,2-4,7H2,1H3,(H,16,18). The van der Waals surface area contributed by atoms with Crippen molar-refractivity contribution in [2.24, 2.45) is 0 Å². The van der Waals surface area contributed by atoms with E-state index >= 15 is 0 Å². The van der Waals surface area contributed by atoms with E-state index in [1.165, 1.54) is 18.6 Å². The van der Waals surface area contributed by atoms with E-state index in [1.807, 2.05) is 45.0 Å². The van der Waals surface area contributed by atoms with Crippen molar-refractivity contribution >= 4 is 57.6 Å². The lowest BCUT2D eigenvalue weighted by molar-refractivity contribution is 0.514. The minimum absolute atomic E-state index is 0.180. The first-order chi connectivity index (χ1) is 8.98. The summed E-state index contributed by atoms with van der Waals surface area (Å²) in [5.74, 6) is 1.03. The van der Waals surface area contributed by atoms with Crippen molar-refractivity contribution in [1.82, 2.24) is 9.55 Å². The molecule has 0 amide bonds. The van der Waals surface area contributed by atoms with Crippen molar-refractivity contribution in [3.63, 3.8) is 0 Å². The lowest BCUT2D eigenvalue weighted by Crippen LogP contribution is -2.23. The summed E-state index contributed by atoms with van der Waals surface area (Å²) in [6, 6.07) is 3.41. The van der Waals surface area contributed by atoms with Gasteiger partial charge in [0.2, 0.25) is 0 Å². The number of hydrogen-bond acceptors (Lipinski definition) is 2. The summed E-state index contributed by atoms with van der Waals surface area (Å²) in [4.78, 5) is 3.18. The number of hydrogen-bond donors (Lipinski definition) is 1. The molecule has 1 N–H and O–H groups in total. The van der Waals surface area contributed by atoms with E-state index in [9.17, 15) is 4.39 Å². The highest BCUT2D eigenvalue weighted by molar-refractivity contribution is 14.1. The molecule has 0 aliphatic carbocycles. The van der Waals surface area contributed by atoms with Crippen molar-refractivity contribution in [2.45, 2.75) is 31.1 Å². The summed E-state index contributed by atoms with van der Waals surface area (Å²) >= 11 is 9.39.